The number of amides is 1. The lowest BCUT2D eigenvalue weighted by Crippen LogP contribution is -2.44. The summed E-state index contributed by atoms with van der Waals surface area (Å²) in [6, 6.07) is 7.15. The van der Waals surface area contributed by atoms with Crippen LogP contribution in [0.3, 0.4) is 0 Å². The monoisotopic (exact) mass is 371 g/mol. The van der Waals surface area contributed by atoms with Gasteiger partial charge in [-0.05, 0) is 44.4 Å². The van der Waals surface area contributed by atoms with E-state index in [4.69, 9.17) is 4.74 Å². The fourth-order valence-corrected chi connectivity index (χ4v) is 3.50. The molecule has 3 heterocycles. The largest absolute Gasteiger partial charge is 0.443 e. The maximum absolute atomic E-state index is 12.7. The lowest BCUT2D eigenvalue weighted by molar-refractivity contribution is -0.131. The Morgan fingerprint density at radius 2 is 2.08 bits per heavy atom. The number of esters is 1. The Kier molecular flexibility index (Phi) is 4.82. The zero-order valence-corrected chi connectivity index (χ0v) is 16.0. The van der Waals surface area contributed by atoms with Crippen LogP contribution in [0.2, 0.25) is 0 Å². The summed E-state index contributed by atoms with van der Waals surface area (Å²) in [5, 5.41) is 4.83. The molecule has 7 heteroatoms. The molecule has 26 heavy (non-hydrogen) atoms. The van der Waals surface area contributed by atoms with E-state index >= 15 is 0 Å². The highest BCUT2D eigenvalue weighted by atomic mass is 32.1. The van der Waals surface area contributed by atoms with Gasteiger partial charge >= 0.3 is 5.97 Å². The van der Waals surface area contributed by atoms with E-state index in [-0.39, 0.29) is 5.91 Å². The predicted octanol–water partition coefficient (Wildman–Crippen LogP) is 3.45. The fourth-order valence-electron chi connectivity index (χ4n) is 2.65. The van der Waals surface area contributed by atoms with Crippen molar-refractivity contribution in [2.24, 2.45) is 7.05 Å². The summed E-state index contributed by atoms with van der Waals surface area (Å²) >= 11 is 1.55. The third-order valence-corrected chi connectivity index (χ3v) is 4.67. The summed E-state index contributed by atoms with van der Waals surface area (Å²) in [5.41, 5.74) is 1.44. The Morgan fingerprint density at radius 1 is 1.31 bits per heavy atom. The zero-order chi connectivity index (χ0) is 18.9. The molecule has 0 fully saturated rings. The van der Waals surface area contributed by atoms with Crippen molar-refractivity contribution in [1.29, 1.82) is 0 Å². The van der Waals surface area contributed by atoms with E-state index in [0.29, 0.717) is 11.3 Å². The number of pyridine rings is 1. The Labute approximate surface area is 155 Å². The minimum absolute atomic E-state index is 0.380. The number of thiophene rings is 1. The van der Waals surface area contributed by atoms with Crippen LogP contribution >= 0.6 is 11.3 Å². The number of ether oxygens (including phenoxy) is 1. The molecule has 0 aliphatic carbocycles. The molecule has 1 amide bonds. The van der Waals surface area contributed by atoms with E-state index < -0.39 is 17.6 Å². The molecule has 0 saturated carbocycles. The third-order valence-electron chi connectivity index (χ3n) is 3.82. The topological polar surface area (TPSA) is 73.2 Å². The minimum Gasteiger partial charge on any atom is -0.443 e. The van der Waals surface area contributed by atoms with Crippen molar-refractivity contribution in [3.8, 4) is 0 Å². The van der Waals surface area contributed by atoms with Crippen LogP contribution < -0.4 is 5.32 Å². The molecule has 3 aromatic heterocycles. The van der Waals surface area contributed by atoms with E-state index in [1.165, 1.54) is 6.20 Å². The third kappa shape index (κ3) is 3.77. The molecule has 0 aliphatic heterocycles. The summed E-state index contributed by atoms with van der Waals surface area (Å²) in [5.74, 6) is -0.927. The fraction of sp³-hybridized carbons (Fsp3) is 0.316. The first-order chi connectivity index (χ1) is 12.3. The molecule has 1 N–H and O–H groups in total. The molecule has 0 unspecified atom stereocenters. The van der Waals surface area contributed by atoms with E-state index in [9.17, 15) is 9.59 Å². The second-order valence-electron chi connectivity index (χ2n) is 7.07. The van der Waals surface area contributed by atoms with E-state index in [2.05, 4.69) is 10.3 Å². The predicted molar refractivity (Wildman–Crippen MR) is 101 cm³/mol. The molecule has 0 aromatic carbocycles. The van der Waals surface area contributed by atoms with Gasteiger partial charge in [0.25, 0.3) is 5.91 Å². The number of fused-ring (bicyclic) bond motifs is 1. The van der Waals surface area contributed by atoms with Gasteiger partial charge < -0.3 is 14.6 Å². The first-order valence-electron chi connectivity index (χ1n) is 8.22. The standard InChI is InChI=1S/C19H21N3O3S/c1-19(2,3)21-17(23)16(12-6-5-8-20-11-12)25-18(24)14-10-15-13(22(14)4)7-9-26-15/h5-11,16H,1-4H3,(H,21,23)/t16-/m1/s1. The minimum atomic E-state index is -1.07. The van der Waals surface area contributed by atoms with Gasteiger partial charge in [0, 0.05) is 30.5 Å². The van der Waals surface area contributed by atoms with E-state index in [1.54, 1.807) is 47.3 Å². The molecule has 3 aromatic rings. The van der Waals surface area contributed by atoms with Gasteiger partial charge in [-0.25, -0.2) is 4.79 Å². The van der Waals surface area contributed by atoms with Crippen molar-refractivity contribution in [1.82, 2.24) is 14.9 Å². The average Bonchev–Trinajstić information content (AvgIpc) is 3.15. The molecule has 0 spiro atoms. The number of aromatic nitrogens is 2. The number of hydrogen-bond acceptors (Lipinski definition) is 5. The normalized spacial score (nSPS) is 12.8. The number of aryl methyl sites for hydroxylation is 1. The van der Waals surface area contributed by atoms with Gasteiger partial charge in [-0.2, -0.15) is 0 Å². The Bertz CT molecular complexity index is 938. The second kappa shape index (κ2) is 6.92. The van der Waals surface area contributed by atoms with Gasteiger partial charge in [0.05, 0.1) is 10.2 Å². The zero-order valence-electron chi connectivity index (χ0n) is 15.1. The van der Waals surface area contributed by atoms with Crippen molar-refractivity contribution in [3.05, 3.63) is 53.3 Å². The van der Waals surface area contributed by atoms with E-state index in [0.717, 1.165) is 10.2 Å². The van der Waals surface area contributed by atoms with Crippen LogP contribution in [0.1, 0.15) is 42.9 Å². The van der Waals surface area contributed by atoms with E-state index in [1.807, 2.05) is 32.2 Å². The molecule has 0 radical (unpaired) electrons. The summed E-state index contributed by atoms with van der Waals surface area (Å²) in [4.78, 5) is 29.5. The van der Waals surface area contributed by atoms with Crippen molar-refractivity contribution in [2.75, 3.05) is 0 Å². The summed E-state index contributed by atoms with van der Waals surface area (Å²) in [6.45, 7) is 5.62. The molecule has 0 aliphatic rings. The number of carbonyl (C=O) groups excluding carboxylic acids is 2. The maximum Gasteiger partial charge on any atom is 0.356 e. The second-order valence-corrected chi connectivity index (χ2v) is 8.02. The van der Waals surface area contributed by atoms with Crippen molar-refractivity contribution in [2.45, 2.75) is 32.4 Å². The summed E-state index contributed by atoms with van der Waals surface area (Å²) < 4.78 is 8.37. The first kappa shape index (κ1) is 18.1. The van der Waals surface area contributed by atoms with Crippen LogP contribution in [-0.2, 0) is 16.6 Å². The highest BCUT2D eigenvalue weighted by Crippen LogP contribution is 2.26. The van der Waals surface area contributed by atoms with Gasteiger partial charge in [0.2, 0.25) is 6.10 Å². The molecular formula is C19H21N3O3S. The highest BCUT2D eigenvalue weighted by Gasteiger charge is 2.29. The lowest BCUT2D eigenvalue weighted by Gasteiger charge is -2.25. The van der Waals surface area contributed by atoms with Crippen molar-refractivity contribution in [3.63, 3.8) is 0 Å². The van der Waals surface area contributed by atoms with Gasteiger partial charge in [0.1, 0.15) is 5.69 Å². The smallest absolute Gasteiger partial charge is 0.356 e. The van der Waals surface area contributed by atoms with Crippen LogP contribution in [-0.4, -0.2) is 27.0 Å². The Morgan fingerprint density at radius 3 is 2.69 bits per heavy atom. The molecule has 3 rings (SSSR count). The molecule has 136 valence electrons. The van der Waals surface area contributed by atoms with Crippen LogP contribution in [0.5, 0.6) is 0 Å². The average molecular weight is 371 g/mol. The van der Waals surface area contributed by atoms with Crippen LogP contribution in [0.15, 0.2) is 42.0 Å². The number of hydrogen-bond donors (Lipinski definition) is 1. The van der Waals surface area contributed by atoms with Crippen LogP contribution in [0.25, 0.3) is 10.2 Å². The maximum atomic E-state index is 12.7. The van der Waals surface area contributed by atoms with Crippen molar-refractivity contribution < 1.29 is 14.3 Å². The SMILES string of the molecule is Cn1c(C(=O)O[C@@H](C(=O)NC(C)(C)C)c2cccnc2)cc2sccc21. The number of rotatable bonds is 4. The summed E-state index contributed by atoms with van der Waals surface area (Å²) in [6.07, 6.45) is 2.07. The summed E-state index contributed by atoms with van der Waals surface area (Å²) in [7, 11) is 1.81. The molecule has 1 atom stereocenters. The quantitative estimate of drug-likeness (QED) is 0.713. The van der Waals surface area contributed by atoms with Crippen LogP contribution in [0, 0.1) is 0 Å². The van der Waals surface area contributed by atoms with Gasteiger partial charge in [-0.1, -0.05) is 6.07 Å². The highest BCUT2D eigenvalue weighted by molar-refractivity contribution is 7.17. The molecular weight excluding hydrogens is 350 g/mol. The first-order valence-corrected chi connectivity index (χ1v) is 9.10. The number of nitrogens with zero attached hydrogens (tertiary/aromatic N) is 2. The van der Waals surface area contributed by atoms with Gasteiger partial charge in [-0.3, -0.25) is 9.78 Å². The lowest BCUT2D eigenvalue weighted by atomic mass is 10.1. The van der Waals surface area contributed by atoms with Gasteiger partial charge in [-0.15, -0.1) is 11.3 Å². The molecule has 0 saturated heterocycles. The number of carbonyl (C=O) groups is 2. The Hall–Kier alpha value is -2.67. The van der Waals surface area contributed by atoms with Crippen molar-refractivity contribution >= 4 is 33.4 Å². The van der Waals surface area contributed by atoms with Gasteiger partial charge in [0.15, 0.2) is 0 Å². The van der Waals surface area contributed by atoms with Crippen LogP contribution in [0.4, 0.5) is 0 Å². The number of nitrogens with one attached hydrogen (secondary N) is 1. The Balaban J connectivity index is 1.89. The molecule has 0 bridgehead atoms. The molecule has 6 nitrogen and oxygen atoms in total.